The van der Waals surface area contributed by atoms with Crippen molar-refractivity contribution in [3.8, 4) is 40.3 Å². The molecule has 0 saturated heterocycles. The Labute approximate surface area is 316 Å². The first-order valence-corrected chi connectivity index (χ1v) is 18.3. The number of nitriles is 2. The molecule has 0 fully saturated rings. The van der Waals surface area contributed by atoms with Crippen LogP contribution in [0.3, 0.4) is 0 Å². The van der Waals surface area contributed by atoms with Crippen molar-refractivity contribution in [3.63, 3.8) is 0 Å². The van der Waals surface area contributed by atoms with Crippen molar-refractivity contribution in [2.24, 2.45) is 0 Å². The van der Waals surface area contributed by atoms with Gasteiger partial charge >= 0.3 is 0 Å². The minimum atomic E-state index is 0.579. The average Bonchev–Trinajstić information content (AvgIpc) is 3.89. The summed E-state index contributed by atoms with van der Waals surface area (Å²) in [6.45, 7) is 0. The maximum atomic E-state index is 10.8. The molecule has 5 nitrogen and oxygen atoms in total. The Balaban J connectivity index is 1.14. The zero-order chi connectivity index (χ0) is 36.6. The largest absolute Gasteiger partial charge is 0.309 e. The molecule has 0 aliphatic carbocycles. The first-order valence-electron chi connectivity index (χ1n) is 18.3. The Morgan fingerprint density at radius 3 is 1.53 bits per heavy atom. The smallest absolute Gasteiger partial charge is 0.0998 e. The summed E-state index contributed by atoms with van der Waals surface area (Å²) in [5, 5.41) is 27.5. The van der Waals surface area contributed by atoms with Crippen LogP contribution in [-0.4, -0.2) is 13.7 Å². The molecular formula is C50H29N5. The molecule has 0 bridgehead atoms. The number of hydrogen-bond donors (Lipinski definition) is 0. The predicted octanol–water partition coefficient (Wildman–Crippen LogP) is 12.4. The summed E-state index contributed by atoms with van der Waals surface area (Å²) in [6, 6.07) is 65.9. The molecule has 3 heterocycles. The first-order chi connectivity index (χ1) is 27.2. The van der Waals surface area contributed by atoms with Crippen molar-refractivity contribution in [1.82, 2.24) is 13.7 Å². The molecule has 254 valence electrons. The van der Waals surface area contributed by atoms with E-state index in [2.05, 4.69) is 177 Å². The van der Waals surface area contributed by atoms with Crippen LogP contribution in [-0.2, 0) is 0 Å². The number of fused-ring (bicyclic) bond motifs is 9. The van der Waals surface area contributed by atoms with E-state index >= 15 is 0 Å². The monoisotopic (exact) mass is 699 g/mol. The number of benzene rings is 8. The normalized spacial score (nSPS) is 11.6. The highest BCUT2D eigenvalue weighted by molar-refractivity contribution is 6.15. The second kappa shape index (κ2) is 11.8. The van der Waals surface area contributed by atoms with Crippen molar-refractivity contribution < 1.29 is 0 Å². The first kappa shape index (κ1) is 30.7. The molecule has 0 unspecified atom stereocenters. The Hall–Kier alpha value is -7.86. The molecule has 0 amide bonds. The summed E-state index contributed by atoms with van der Waals surface area (Å²) in [6.07, 6.45) is 0. The molecule has 11 rings (SSSR count). The average molecular weight is 700 g/mol. The lowest BCUT2D eigenvalue weighted by molar-refractivity contribution is 1.13. The van der Waals surface area contributed by atoms with Gasteiger partial charge in [0.1, 0.15) is 0 Å². The van der Waals surface area contributed by atoms with E-state index in [1.54, 1.807) is 0 Å². The lowest BCUT2D eigenvalue weighted by atomic mass is 9.99. The molecule has 5 heteroatoms. The second-order valence-electron chi connectivity index (χ2n) is 14.0. The number of hydrogen-bond acceptors (Lipinski definition) is 2. The number of nitrogens with zero attached hydrogens (tertiary/aromatic N) is 5. The summed E-state index contributed by atoms with van der Waals surface area (Å²) in [4.78, 5) is 0. The standard InChI is InChI=1S/C50H29N5/c51-30-32-23-26-48-43(27-32)42-17-10-22-49(55-46-20-7-3-15-40(46)41-16-4-8-21-47(41)55)50(42)54(48)36-24-25-37(34(29-36)31-52)33-11-9-12-35(28-33)53-44-18-5-1-13-38(44)39-14-2-6-19-45(39)53/h1-29H. The van der Waals surface area contributed by atoms with Gasteiger partial charge in [-0.05, 0) is 83.9 Å². The van der Waals surface area contributed by atoms with Crippen LogP contribution >= 0.6 is 0 Å². The van der Waals surface area contributed by atoms with E-state index in [0.717, 1.165) is 72.1 Å². The van der Waals surface area contributed by atoms with Crippen molar-refractivity contribution >= 4 is 65.4 Å². The zero-order valence-electron chi connectivity index (χ0n) is 29.5. The third-order valence-electron chi connectivity index (χ3n) is 11.1. The van der Waals surface area contributed by atoms with Crippen LogP contribution in [0.25, 0.3) is 93.6 Å². The molecule has 3 aromatic heterocycles. The minimum Gasteiger partial charge on any atom is -0.309 e. The fourth-order valence-electron chi connectivity index (χ4n) is 8.78. The van der Waals surface area contributed by atoms with Crippen LogP contribution in [0.2, 0.25) is 0 Å². The van der Waals surface area contributed by atoms with Crippen LogP contribution in [0, 0.1) is 22.7 Å². The van der Waals surface area contributed by atoms with Gasteiger partial charge in [-0.15, -0.1) is 0 Å². The highest BCUT2D eigenvalue weighted by atomic mass is 15.1. The second-order valence-corrected chi connectivity index (χ2v) is 14.0. The molecule has 55 heavy (non-hydrogen) atoms. The van der Waals surface area contributed by atoms with E-state index in [1.807, 2.05) is 24.3 Å². The fourth-order valence-corrected chi connectivity index (χ4v) is 8.78. The molecule has 0 atom stereocenters. The van der Waals surface area contributed by atoms with Crippen LogP contribution in [0.4, 0.5) is 0 Å². The maximum absolute atomic E-state index is 10.8. The predicted molar refractivity (Wildman–Crippen MR) is 224 cm³/mol. The molecule has 0 spiro atoms. The molecule has 0 radical (unpaired) electrons. The Bertz CT molecular complexity index is 3360. The molecule has 8 aromatic carbocycles. The van der Waals surface area contributed by atoms with Gasteiger partial charge in [0, 0.05) is 43.7 Å². The van der Waals surface area contributed by atoms with Crippen molar-refractivity contribution in [2.45, 2.75) is 0 Å². The van der Waals surface area contributed by atoms with Gasteiger partial charge in [-0.25, -0.2) is 0 Å². The topological polar surface area (TPSA) is 62.4 Å². The molecule has 0 N–H and O–H groups in total. The molecule has 0 aliphatic heterocycles. The fraction of sp³-hybridized carbons (Fsp3) is 0. The van der Waals surface area contributed by atoms with Gasteiger partial charge in [-0.1, -0.05) is 103 Å². The lowest BCUT2D eigenvalue weighted by Crippen LogP contribution is -2.01. The van der Waals surface area contributed by atoms with Crippen molar-refractivity contribution in [3.05, 3.63) is 187 Å². The lowest BCUT2D eigenvalue weighted by Gasteiger charge is -2.16. The summed E-state index contributed by atoms with van der Waals surface area (Å²) in [5.74, 6) is 0. The van der Waals surface area contributed by atoms with Crippen LogP contribution < -0.4 is 0 Å². The summed E-state index contributed by atoms with van der Waals surface area (Å²) in [7, 11) is 0. The Morgan fingerprint density at radius 2 is 0.909 bits per heavy atom. The van der Waals surface area contributed by atoms with Crippen LogP contribution in [0.15, 0.2) is 176 Å². The van der Waals surface area contributed by atoms with Gasteiger partial charge in [0.15, 0.2) is 0 Å². The van der Waals surface area contributed by atoms with E-state index in [-0.39, 0.29) is 0 Å². The van der Waals surface area contributed by atoms with E-state index in [4.69, 9.17) is 0 Å². The van der Waals surface area contributed by atoms with Gasteiger partial charge < -0.3 is 13.7 Å². The summed E-state index contributed by atoms with van der Waals surface area (Å²) >= 11 is 0. The van der Waals surface area contributed by atoms with Crippen LogP contribution in [0.1, 0.15) is 11.1 Å². The maximum Gasteiger partial charge on any atom is 0.0998 e. The number of rotatable bonds is 4. The van der Waals surface area contributed by atoms with E-state index in [9.17, 15) is 10.5 Å². The SMILES string of the molecule is N#Cc1ccc2c(c1)c1cccc(-n3c4ccccc4c4ccccc43)c1n2-c1ccc(-c2cccc(-n3c4ccccc4c4ccccc43)c2)c(C#N)c1. The van der Waals surface area contributed by atoms with Crippen LogP contribution in [0.5, 0.6) is 0 Å². The van der Waals surface area contributed by atoms with Gasteiger partial charge in [-0.2, -0.15) is 10.5 Å². The summed E-state index contributed by atoms with van der Waals surface area (Å²) in [5.41, 5.74) is 12.4. The third-order valence-corrected chi connectivity index (χ3v) is 11.1. The summed E-state index contributed by atoms with van der Waals surface area (Å²) < 4.78 is 6.90. The molecular weight excluding hydrogens is 671 g/mol. The highest BCUT2D eigenvalue weighted by Gasteiger charge is 2.21. The van der Waals surface area contributed by atoms with Gasteiger partial charge in [0.05, 0.1) is 62.1 Å². The molecule has 0 aliphatic rings. The minimum absolute atomic E-state index is 0.579. The van der Waals surface area contributed by atoms with E-state index in [0.29, 0.717) is 11.1 Å². The van der Waals surface area contributed by atoms with E-state index in [1.165, 1.54) is 21.5 Å². The van der Waals surface area contributed by atoms with Gasteiger partial charge in [-0.3, -0.25) is 0 Å². The molecule has 11 aromatic rings. The van der Waals surface area contributed by atoms with Gasteiger partial charge in [0.2, 0.25) is 0 Å². The third kappa shape index (κ3) is 4.45. The Morgan fingerprint density at radius 1 is 0.364 bits per heavy atom. The van der Waals surface area contributed by atoms with Crippen molar-refractivity contribution in [1.29, 1.82) is 10.5 Å². The number of aromatic nitrogens is 3. The van der Waals surface area contributed by atoms with E-state index < -0.39 is 0 Å². The number of para-hydroxylation sites is 5. The molecule has 0 saturated carbocycles. The quantitative estimate of drug-likeness (QED) is 0.184. The zero-order valence-corrected chi connectivity index (χ0v) is 29.5. The van der Waals surface area contributed by atoms with Gasteiger partial charge in [0.25, 0.3) is 0 Å². The Kier molecular flexibility index (Phi) is 6.61. The highest BCUT2D eigenvalue weighted by Crippen LogP contribution is 2.41. The van der Waals surface area contributed by atoms with Crippen molar-refractivity contribution in [2.75, 3.05) is 0 Å².